The molecular formula is C33H47N9O4. The fourth-order valence-electron chi connectivity index (χ4n) is 5.74. The monoisotopic (exact) mass is 633 g/mol. The van der Waals surface area contributed by atoms with Crippen LogP contribution in [0.1, 0.15) is 61.6 Å². The van der Waals surface area contributed by atoms with Crippen molar-refractivity contribution in [1.82, 2.24) is 20.9 Å². The number of rotatable bonds is 16. The molecule has 13 nitrogen and oxygen atoms in total. The molecule has 0 aliphatic heterocycles. The maximum atomic E-state index is 14.0. The lowest BCUT2D eigenvalue weighted by Crippen LogP contribution is -2.57. The highest BCUT2D eigenvalue weighted by Gasteiger charge is 2.37. The summed E-state index contributed by atoms with van der Waals surface area (Å²) in [6.07, 6.45) is 4.93. The topological polar surface area (TPSA) is 233 Å². The number of hydrogen-bond donors (Lipinski definition) is 8. The van der Waals surface area contributed by atoms with Gasteiger partial charge in [0.05, 0.1) is 0 Å². The van der Waals surface area contributed by atoms with Gasteiger partial charge in [-0.15, -0.1) is 0 Å². The SMILES string of the molecule is CN(Cc1ccccc1)C(=O)C(Cc1ccc(C(=N)N)cc1)C(=O)N[C@H](C(=O)N[C@@H](CCCNC(=N)N)C(N)=O)C1CCCCC1. The van der Waals surface area contributed by atoms with Crippen molar-refractivity contribution in [3.05, 3.63) is 71.3 Å². The summed E-state index contributed by atoms with van der Waals surface area (Å²) in [5, 5.41) is 23.2. The van der Waals surface area contributed by atoms with Crippen LogP contribution in [0.3, 0.4) is 0 Å². The van der Waals surface area contributed by atoms with E-state index in [-0.39, 0.29) is 37.1 Å². The Morgan fingerprint density at radius 2 is 1.52 bits per heavy atom. The average molecular weight is 634 g/mol. The summed E-state index contributed by atoms with van der Waals surface area (Å²) in [5.74, 6) is -3.87. The van der Waals surface area contributed by atoms with E-state index >= 15 is 0 Å². The van der Waals surface area contributed by atoms with E-state index in [4.69, 9.17) is 28.0 Å². The van der Waals surface area contributed by atoms with Gasteiger partial charge in [-0.05, 0) is 49.1 Å². The zero-order chi connectivity index (χ0) is 33.6. The Bertz CT molecular complexity index is 1360. The van der Waals surface area contributed by atoms with Crippen molar-refractivity contribution in [2.24, 2.45) is 29.0 Å². The van der Waals surface area contributed by atoms with Gasteiger partial charge in [0.1, 0.15) is 23.8 Å². The van der Waals surface area contributed by atoms with E-state index in [1.807, 2.05) is 30.3 Å². The van der Waals surface area contributed by atoms with Gasteiger partial charge in [-0.2, -0.15) is 0 Å². The zero-order valence-electron chi connectivity index (χ0n) is 26.4. The van der Waals surface area contributed by atoms with Crippen molar-refractivity contribution in [1.29, 1.82) is 10.8 Å². The van der Waals surface area contributed by atoms with Crippen LogP contribution in [0, 0.1) is 22.7 Å². The summed E-state index contributed by atoms with van der Waals surface area (Å²) in [7, 11) is 1.64. The molecule has 1 aliphatic rings. The molecule has 3 rings (SSSR count). The van der Waals surface area contributed by atoms with Gasteiger partial charge in [0, 0.05) is 25.7 Å². The molecule has 0 heterocycles. The Morgan fingerprint density at radius 3 is 2.11 bits per heavy atom. The smallest absolute Gasteiger partial charge is 0.243 e. The summed E-state index contributed by atoms with van der Waals surface area (Å²) < 4.78 is 0. The second-order valence-corrected chi connectivity index (χ2v) is 11.9. The Kier molecular flexibility index (Phi) is 13.5. The molecule has 0 radical (unpaired) electrons. The van der Waals surface area contributed by atoms with Gasteiger partial charge < -0.3 is 38.1 Å². The predicted octanol–water partition coefficient (Wildman–Crippen LogP) is 1.09. The minimum atomic E-state index is -1.15. The number of amidine groups is 1. The van der Waals surface area contributed by atoms with E-state index in [9.17, 15) is 19.2 Å². The normalized spacial score (nSPS) is 15.1. The molecule has 0 spiro atoms. The van der Waals surface area contributed by atoms with Gasteiger partial charge in [0.15, 0.2) is 5.96 Å². The summed E-state index contributed by atoms with van der Waals surface area (Å²) >= 11 is 0. The van der Waals surface area contributed by atoms with Crippen molar-refractivity contribution in [3.63, 3.8) is 0 Å². The molecule has 0 aromatic heterocycles. The molecule has 248 valence electrons. The van der Waals surface area contributed by atoms with Gasteiger partial charge >= 0.3 is 0 Å². The van der Waals surface area contributed by atoms with Crippen LogP contribution in [0.4, 0.5) is 0 Å². The first kappa shape index (κ1) is 35.5. The van der Waals surface area contributed by atoms with Crippen molar-refractivity contribution in [3.8, 4) is 0 Å². The van der Waals surface area contributed by atoms with Crippen molar-refractivity contribution in [2.75, 3.05) is 13.6 Å². The molecule has 1 saturated carbocycles. The molecule has 4 amide bonds. The van der Waals surface area contributed by atoms with E-state index in [0.717, 1.165) is 24.8 Å². The molecule has 2 aromatic rings. The van der Waals surface area contributed by atoms with Gasteiger partial charge in [-0.25, -0.2) is 0 Å². The second kappa shape index (κ2) is 17.5. The number of amides is 4. The average Bonchev–Trinajstić information content (AvgIpc) is 3.04. The molecule has 3 atom stereocenters. The van der Waals surface area contributed by atoms with Crippen LogP contribution in [0.25, 0.3) is 0 Å². The third kappa shape index (κ3) is 10.9. The molecule has 1 aliphatic carbocycles. The maximum Gasteiger partial charge on any atom is 0.243 e. The van der Waals surface area contributed by atoms with Crippen LogP contribution < -0.4 is 33.2 Å². The molecular weight excluding hydrogens is 586 g/mol. The Balaban J connectivity index is 1.85. The Morgan fingerprint density at radius 1 is 0.870 bits per heavy atom. The number of nitrogens with two attached hydrogens (primary N) is 3. The molecule has 0 bridgehead atoms. The number of carbonyl (C=O) groups excluding carboxylic acids is 4. The Labute approximate surface area is 270 Å². The van der Waals surface area contributed by atoms with Crippen LogP contribution in [-0.2, 0) is 32.1 Å². The van der Waals surface area contributed by atoms with E-state index < -0.39 is 41.6 Å². The Hall–Kier alpha value is -4.94. The number of nitrogens with one attached hydrogen (secondary N) is 5. The number of nitrogens with zero attached hydrogens (tertiary/aromatic N) is 1. The van der Waals surface area contributed by atoms with E-state index in [1.165, 1.54) is 4.90 Å². The van der Waals surface area contributed by atoms with E-state index in [0.29, 0.717) is 36.9 Å². The molecule has 1 unspecified atom stereocenters. The third-order valence-electron chi connectivity index (χ3n) is 8.30. The first-order chi connectivity index (χ1) is 22.0. The summed E-state index contributed by atoms with van der Waals surface area (Å²) in [4.78, 5) is 55.4. The highest BCUT2D eigenvalue weighted by Crippen LogP contribution is 2.27. The first-order valence-corrected chi connectivity index (χ1v) is 15.7. The molecule has 0 saturated heterocycles. The van der Waals surface area contributed by atoms with Crippen LogP contribution in [0.5, 0.6) is 0 Å². The molecule has 2 aromatic carbocycles. The van der Waals surface area contributed by atoms with Gasteiger partial charge in [0.2, 0.25) is 23.6 Å². The molecule has 13 heteroatoms. The predicted molar refractivity (Wildman–Crippen MR) is 176 cm³/mol. The number of hydrogen-bond acceptors (Lipinski definition) is 6. The van der Waals surface area contributed by atoms with Crippen LogP contribution in [0.2, 0.25) is 0 Å². The van der Waals surface area contributed by atoms with Crippen molar-refractivity contribution in [2.45, 2.75) is 70.0 Å². The van der Waals surface area contributed by atoms with Crippen molar-refractivity contribution < 1.29 is 19.2 Å². The number of primary amides is 1. The minimum Gasteiger partial charge on any atom is -0.384 e. The van der Waals surface area contributed by atoms with Gasteiger partial charge in [-0.3, -0.25) is 30.0 Å². The number of nitrogen functional groups attached to an aromatic ring is 1. The van der Waals surface area contributed by atoms with Gasteiger partial charge in [0.25, 0.3) is 0 Å². The first-order valence-electron chi connectivity index (χ1n) is 15.7. The van der Waals surface area contributed by atoms with Crippen molar-refractivity contribution >= 4 is 35.4 Å². The lowest BCUT2D eigenvalue weighted by atomic mass is 9.83. The van der Waals surface area contributed by atoms with Gasteiger partial charge in [-0.1, -0.05) is 73.9 Å². The highest BCUT2D eigenvalue weighted by molar-refractivity contribution is 6.02. The number of carbonyl (C=O) groups is 4. The molecule has 1 fully saturated rings. The zero-order valence-corrected chi connectivity index (χ0v) is 26.4. The van der Waals surface area contributed by atoms with E-state index in [1.54, 1.807) is 31.3 Å². The second-order valence-electron chi connectivity index (χ2n) is 11.9. The minimum absolute atomic E-state index is 0.0635. The molecule has 11 N–H and O–H groups in total. The number of guanidine groups is 1. The lowest BCUT2D eigenvalue weighted by Gasteiger charge is -2.32. The third-order valence-corrected chi connectivity index (χ3v) is 8.30. The lowest BCUT2D eigenvalue weighted by molar-refractivity contribution is -0.143. The van der Waals surface area contributed by atoms with Crippen LogP contribution in [0.15, 0.2) is 54.6 Å². The largest absolute Gasteiger partial charge is 0.384 e. The van der Waals surface area contributed by atoms with Crippen LogP contribution >= 0.6 is 0 Å². The maximum absolute atomic E-state index is 14.0. The molecule has 46 heavy (non-hydrogen) atoms. The van der Waals surface area contributed by atoms with Crippen LogP contribution in [-0.4, -0.2) is 66.0 Å². The standard InChI is InChI=1S/C33H47N9O4/c1-42(20-22-9-4-2-5-10-22)32(46)25(19-21-14-16-24(17-15-21)28(34)35)30(44)41-27(23-11-6-3-7-12-23)31(45)40-26(29(36)43)13-8-18-39-33(37)38/h2,4-5,9-10,14-17,23,25-27H,3,6-8,11-13,18-20H2,1H3,(H3,34,35)(H2,36,43)(H,40,45)(H,41,44)(H4,37,38,39)/t25?,26-,27-/m0/s1. The fourth-order valence-corrected chi connectivity index (χ4v) is 5.74. The fraction of sp³-hybridized carbons (Fsp3) is 0.455. The summed E-state index contributed by atoms with van der Waals surface area (Å²) in [6.45, 7) is 0.615. The highest BCUT2D eigenvalue weighted by atomic mass is 16.2. The summed E-state index contributed by atoms with van der Waals surface area (Å²) in [5.41, 5.74) is 18.6. The summed E-state index contributed by atoms with van der Waals surface area (Å²) in [6, 6.07) is 14.3. The number of benzene rings is 2. The quantitative estimate of drug-likeness (QED) is 0.0579. The van der Waals surface area contributed by atoms with E-state index in [2.05, 4.69) is 16.0 Å².